The summed E-state index contributed by atoms with van der Waals surface area (Å²) in [5, 5.41) is 7.40. The lowest BCUT2D eigenvalue weighted by Crippen LogP contribution is -2.27. The van der Waals surface area contributed by atoms with Gasteiger partial charge in [-0.1, -0.05) is 35.5 Å². The molecule has 5 heteroatoms. The van der Waals surface area contributed by atoms with Gasteiger partial charge in [0.25, 0.3) is 5.89 Å². The summed E-state index contributed by atoms with van der Waals surface area (Å²) < 4.78 is 10.8. The Bertz CT molecular complexity index is 521. The summed E-state index contributed by atoms with van der Waals surface area (Å²) in [7, 11) is 0. The highest BCUT2D eigenvalue weighted by Gasteiger charge is 2.20. The molecule has 0 spiro atoms. The predicted molar refractivity (Wildman–Crippen MR) is 74.1 cm³/mol. The van der Waals surface area contributed by atoms with E-state index in [0.717, 1.165) is 37.3 Å². The largest absolute Gasteiger partial charge is 0.367 e. The van der Waals surface area contributed by atoms with Crippen LogP contribution in [0.3, 0.4) is 0 Å². The van der Waals surface area contributed by atoms with Crippen LogP contribution in [-0.4, -0.2) is 23.2 Å². The summed E-state index contributed by atoms with van der Waals surface area (Å²) in [6.07, 6.45) is 2.15. The molecule has 1 N–H and O–H groups in total. The summed E-state index contributed by atoms with van der Waals surface area (Å²) in [4.78, 5) is 4.43. The molecule has 1 fully saturated rings. The van der Waals surface area contributed by atoms with Crippen LogP contribution in [0.15, 0.2) is 34.9 Å². The minimum Gasteiger partial charge on any atom is -0.367 e. The fourth-order valence-electron chi connectivity index (χ4n) is 2.40. The summed E-state index contributed by atoms with van der Waals surface area (Å²) in [6, 6.07) is 10.1. The zero-order valence-corrected chi connectivity index (χ0v) is 11.4. The van der Waals surface area contributed by atoms with E-state index in [1.54, 1.807) is 0 Å². The molecule has 1 aliphatic heterocycles. The molecule has 0 atom stereocenters. The van der Waals surface area contributed by atoms with E-state index in [9.17, 15) is 0 Å². The van der Waals surface area contributed by atoms with Gasteiger partial charge in [-0.05, 0) is 31.5 Å². The van der Waals surface area contributed by atoms with Crippen LogP contribution < -0.4 is 5.32 Å². The van der Waals surface area contributed by atoms with Gasteiger partial charge in [-0.15, -0.1) is 0 Å². The first-order chi connectivity index (χ1) is 9.92. The molecule has 2 aromatic rings. The van der Waals surface area contributed by atoms with Gasteiger partial charge in [0.2, 0.25) is 0 Å². The van der Waals surface area contributed by atoms with Gasteiger partial charge in [-0.3, -0.25) is 0 Å². The second-order valence-electron chi connectivity index (χ2n) is 5.05. The molecule has 1 saturated heterocycles. The number of hydrogen-bond acceptors (Lipinski definition) is 5. The molecule has 0 aliphatic carbocycles. The number of piperidine rings is 1. The zero-order valence-electron chi connectivity index (χ0n) is 11.4. The van der Waals surface area contributed by atoms with E-state index < -0.39 is 0 Å². The first kappa shape index (κ1) is 13.3. The van der Waals surface area contributed by atoms with Crippen LogP contribution in [0.1, 0.15) is 36.0 Å². The molecule has 0 bridgehead atoms. The van der Waals surface area contributed by atoms with Crippen LogP contribution in [0.2, 0.25) is 0 Å². The predicted octanol–water partition coefficient (Wildman–Crippen LogP) is 2.25. The Balaban J connectivity index is 1.50. The fraction of sp³-hybridized carbons (Fsp3) is 0.467. The van der Waals surface area contributed by atoms with E-state index in [1.807, 2.05) is 30.3 Å². The third-order valence-electron chi connectivity index (χ3n) is 3.53. The van der Waals surface area contributed by atoms with E-state index in [4.69, 9.17) is 9.26 Å². The normalized spacial score (nSPS) is 16.4. The van der Waals surface area contributed by atoms with Crippen LogP contribution in [-0.2, 0) is 18.0 Å². The standard InChI is InChI=1S/C15H19N3O2/c1-2-4-12(5-3-1)10-19-11-14-17-15(18-20-14)13-6-8-16-9-7-13/h1-5,13,16H,6-11H2. The lowest BCUT2D eigenvalue weighted by Gasteiger charge is -2.18. The molecule has 1 aromatic heterocycles. The second kappa shape index (κ2) is 6.63. The first-order valence-corrected chi connectivity index (χ1v) is 7.06. The molecule has 1 aromatic carbocycles. The number of nitrogens with zero attached hydrogens (tertiary/aromatic N) is 2. The Morgan fingerprint density at radius 3 is 2.75 bits per heavy atom. The Morgan fingerprint density at radius 1 is 1.15 bits per heavy atom. The second-order valence-corrected chi connectivity index (χ2v) is 5.05. The smallest absolute Gasteiger partial charge is 0.252 e. The van der Waals surface area contributed by atoms with Crippen LogP contribution in [0.5, 0.6) is 0 Å². The topological polar surface area (TPSA) is 60.2 Å². The summed E-state index contributed by atoms with van der Waals surface area (Å²) in [6.45, 7) is 2.98. The van der Waals surface area contributed by atoms with E-state index in [-0.39, 0.29) is 0 Å². The van der Waals surface area contributed by atoms with Crippen LogP contribution in [0, 0.1) is 0 Å². The molecule has 106 valence electrons. The average molecular weight is 273 g/mol. The van der Waals surface area contributed by atoms with Crippen LogP contribution >= 0.6 is 0 Å². The van der Waals surface area contributed by atoms with Crippen molar-refractivity contribution in [1.29, 1.82) is 0 Å². The van der Waals surface area contributed by atoms with Crippen molar-refractivity contribution >= 4 is 0 Å². The number of benzene rings is 1. The molecule has 5 nitrogen and oxygen atoms in total. The SMILES string of the molecule is c1ccc(COCc2nc(C3CCNCC3)no2)cc1. The zero-order chi connectivity index (χ0) is 13.6. The molecule has 20 heavy (non-hydrogen) atoms. The maximum atomic E-state index is 5.60. The van der Waals surface area contributed by atoms with Gasteiger partial charge in [0.1, 0.15) is 6.61 Å². The molecule has 2 heterocycles. The van der Waals surface area contributed by atoms with E-state index in [2.05, 4.69) is 15.5 Å². The van der Waals surface area contributed by atoms with Crippen molar-refractivity contribution in [3.8, 4) is 0 Å². The average Bonchev–Trinajstić information content (AvgIpc) is 2.98. The monoisotopic (exact) mass is 273 g/mol. The number of ether oxygens (including phenoxy) is 1. The summed E-state index contributed by atoms with van der Waals surface area (Å²) in [5.41, 5.74) is 1.14. The van der Waals surface area contributed by atoms with Gasteiger partial charge < -0.3 is 14.6 Å². The molecule has 3 rings (SSSR count). The lowest BCUT2D eigenvalue weighted by atomic mass is 9.98. The number of nitrogens with one attached hydrogen (secondary N) is 1. The highest BCUT2D eigenvalue weighted by Crippen LogP contribution is 2.22. The summed E-state index contributed by atoms with van der Waals surface area (Å²) >= 11 is 0. The van der Waals surface area contributed by atoms with Gasteiger partial charge in [-0.2, -0.15) is 4.98 Å². The minimum absolute atomic E-state index is 0.368. The number of aromatic nitrogens is 2. The third-order valence-corrected chi connectivity index (χ3v) is 3.53. The maximum Gasteiger partial charge on any atom is 0.252 e. The fourth-order valence-corrected chi connectivity index (χ4v) is 2.40. The Kier molecular flexibility index (Phi) is 4.40. The van der Waals surface area contributed by atoms with Crippen molar-refractivity contribution in [2.75, 3.05) is 13.1 Å². The molecule has 1 aliphatic rings. The van der Waals surface area contributed by atoms with Crippen molar-refractivity contribution < 1.29 is 9.26 Å². The van der Waals surface area contributed by atoms with E-state index >= 15 is 0 Å². The van der Waals surface area contributed by atoms with Gasteiger partial charge in [0.05, 0.1) is 6.61 Å². The lowest BCUT2D eigenvalue weighted by molar-refractivity contribution is 0.0850. The highest BCUT2D eigenvalue weighted by molar-refractivity contribution is 5.13. The molecular formula is C15H19N3O2. The highest BCUT2D eigenvalue weighted by atomic mass is 16.5. The molecule has 0 saturated carbocycles. The number of hydrogen-bond donors (Lipinski definition) is 1. The van der Waals surface area contributed by atoms with Crippen LogP contribution in [0.25, 0.3) is 0 Å². The molecule has 0 unspecified atom stereocenters. The molecule has 0 amide bonds. The Labute approximate surface area is 118 Å². The quantitative estimate of drug-likeness (QED) is 0.905. The molecule has 0 radical (unpaired) electrons. The van der Waals surface area contributed by atoms with Crippen molar-refractivity contribution in [2.24, 2.45) is 0 Å². The van der Waals surface area contributed by atoms with Crippen molar-refractivity contribution in [1.82, 2.24) is 15.5 Å². The Hall–Kier alpha value is -1.72. The van der Waals surface area contributed by atoms with E-state index in [0.29, 0.717) is 25.0 Å². The van der Waals surface area contributed by atoms with Crippen molar-refractivity contribution in [3.05, 3.63) is 47.6 Å². The number of rotatable bonds is 5. The van der Waals surface area contributed by atoms with Gasteiger partial charge in [0.15, 0.2) is 5.82 Å². The van der Waals surface area contributed by atoms with Gasteiger partial charge in [0, 0.05) is 5.92 Å². The first-order valence-electron chi connectivity index (χ1n) is 7.06. The van der Waals surface area contributed by atoms with Crippen molar-refractivity contribution in [2.45, 2.75) is 32.0 Å². The van der Waals surface area contributed by atoms with Crippen molar-refractivity contribution in [3.63, 3.8) is 0 Å². The van der Waals surface area contributed by atoms with E-state index in [1.165, 1.54) is 0 Å². The van der Waals surface area contributed by atoms with Crippen LogP contribution in [0.4, 0.5) is 0 Å². The van der Waals surface area contributed by atoms with Gasteiger partial charge in [-0.25, -0.2) is 0 Å². The Morgan fingerprint density at radius 2 is 1.95 bits per heavy atom. The molecular weight excluding hydrogens is 254 g/mol. The van der Waals surface area contributed by atoms with Gasteiger partial charge >= 0.3 is 0 Å². The summed E-state index contributed by atoms with van der Waals surface area (Å²) in [5.74, 6) is 1.81. The third kappa shape index (κ3) is 3.43. The minimum atomic E-state index is 0.368. The maximum absolute atomic E-state index is 5.60.